The average Bonchev–Trinajstić information content (AvgIpc) is 3.24. The number of fused-ring (bicyclic) bond motifs is 1. The van der Waals surface area contributed by atoms with E-state index >= 15 is 0 Å². The topological polar surface area (TPSA) is 103 Å². The molecular weight excluding hydrogens is 528 g/mol. The first kappa shape index (κ1) is 27.8. The predicted molar refractivity (Wildman–Crippen MR) is 149 cm³/mol. The Balaban J connectivity index is 1.45. The van der Waals surface area contributed by atoms with E-state index in [0.717, 1.165) is 33.4 Å². The summed E-state index contributed by atoms with van der Waals surface area (Å²) in [5.74, 6) is 1.09. The molecule has 0 amide bonds. The molecule has 0 bridgehead atoms. The molecule has 2 atom stereocenters. The van der Waals surface area contributed by atoms with Crippen LogP contribution in [-0.4, -0.2) is 44.7 Å². The standard InChI is InChI=1S/C29H31ClO7S/c1-18-12-26(35-10-5-11-38(3,33)34)29(30)19(2)28(18)21-7-4-6-20(13-21)16-36-23-8-9-24-22(14-27(31)32)17-37-25(24)15-23/h4,6-9,12-13,15,22H,5,10-11,14,16-17H2,1-3H3,(H,31,32)/p+1/t22-/m1/s1. The minimum atomic E-state index is -2.78. The van der Waals surface area contributed by atoms with Crippen LogP contribution in [0.15, 0.2) is 48.5 Å². The van der Waals surface area contributed by atoms with Crippen molar-refractivity contribution in [3.05, 3.63) is 75.8 Å². The first-order valence-electron chi connectivity index (χ1n) is 12.3. The number of rotatable bonds is 11. The number of ether oxygens (including phenoxy) is 3. The van der Waals surface area contributed by atoms with Crippen LogP contribution < -0.4 is 14.2 Å². The minimum absolute atomic E-state index is 0.0431. The second-order valence-electron chi connectivity index (χ2n) is 9.67. The van der Waals surface area contributed by atoms with Crippen LogP contribution in [0.25, 0.3) is 11.1 Å². The van der Waals surface area contributed by atoms with Crippen LogP contribution in [0.4, 0.5) is 0 Å². The smallest absolute Gasteiger partial charge is 0.304 e. The highest BCUT2D eigenvalue weighted by Gasteiger charge is 2.26. The number of aryl methyl sites for hydroxylation is 1. The number of carboxylic acids is 1. The van der Waals surface area contributed by atoms with Crippen LogP contribution >= 0.6 is 11.6 Å². The van der Waals surface area contributed by atoms with E-state index in [-0.39, 0.29) is 18.1 Å². The number of halogens is 1. The molecule has 1 unspecified atom stereocenters. The molecule has 0 saturated carbocycles. The molecule has 9 heteroatoms. The lowest BCUT2D eigenvalue weighted by Crippen LogP contribution is -2.08. The van der Waals surface area contributed by atoms with Crippen LogP contribution in [0, 0.1) is 13.8 Å². The van der Waals surface area contributed by atoms with E-state index in [9.17, 15) is 13.2 Å². The third-order valence-electron chi connectivity index (χ3n) is 6.49. The Morgan fingerprint density at radius 1 is 1.18 bits per heavy atom. The van der Waals surface area contributed by atoms with Crippen molar-refractivity contribution < 1.29 is 32.5 Å². The van der Waals surface area contributed by atoms with Crippen molar-refractivity contribution in [3.63, 3.8) is 0 Å². The van der Waals surface area contributed by atoms with Crippen LogP contribution in [0.2, 0.25) is 5.02 Å². The molecule has 7 nitrogen and oxygen atoms in total. The van der Waals surface area contributed by atoms with Crippen molar-refractivity contribution in [1.29, 1.82) is 0 Å². The lowest BCUT2D eigenvalue weighted by Gasteiger charge is -2.17. The van der Waals surface area contributed by atoms with Gasteiger partial charge in [-0.15, -0.1) is 0 Å². The Labute approximate surface area is 228 Å². The zero-order valence-electron chi connectivity index (χ0n) is 21.7. The SMILES string of the molecule is Cc1cc(OCCCS(C)(=O)=[OH+])c(Cl)c(C)c1-c1cccc(COc2ccc3c(c2)OC[C@H]3CC(=O)O)c1. The molecule has 0 saturated heterocycles. The number of carboxylic acid groups (broad SMARTS) is 1. The lowest BCUT2D eigenvalue weighted by molar-refractivity contribution is -0.137. The van der Waals surface area contributed by atoms with E-state index in [1.165, 1.54) is 6.26 Å². The number of benzene rings is 3. The summed E-state index contributed by atoms with van der Waals surface area (Å²) < 4.78 is 38.4. The van der Waals surface area contributed by atoms with Gasteiger partial charge in [0.15, 0.2) is 0 Å². The fraction of sp³-hybridized carbons (Fsp3) is 0.345. The molecule has 38 heavy (non-hydrogen) atoms. The van der Waals surface area contributed by atoms with E-state index in [0.29, 0.717) is 48.5 Å². The molecule has 0 spiro atoms. The third-order valence-corrected chi connectivity index (χ3v) is 8.01. The van der Waals surface area contributed by atoms with Crippen molar-refractivity contribution in [1.82, 2.24) is 0 Å². The van der Waals surface area contributed by atoms with E-state index in [1.54, 1.807) is 0 Å². The fourth-order valence-electron chi connectivity index (χ4n) is 4.69. The Morgan fingerprint density at radius 3 is 2.71 bits per heavy atom. The van der Waals surface area contributed by atoms with Gasteiger partial charge in [-0.1, -0.05) is 35.9 Å². The van der Waals surface area contributed by atoms with Gasteiger partial charge < -0.3 is 19.3 Å². The molecule has 3 aromatic carbocycles. The van der Waals surface area contributed by atoms with Gasteiger partial charge in [-0.25, -0.2) is 4.21 Å². The predicted octanol–water partition coefficient (Wildman–Crippen LogP) is 6.12. The molecule has 0 fully saturated rings. The average molecular weight is 560 g/mol. The summed E-state index contributed by atoms with van der Waals surface area (Å²) in [6.45, 7) is 4.98. The van der Waals surface area contributed by atoms with E-state index < -0.39 is 15.8 Å². The number of aliphatic carboxylic acids is 1. The Hall–Kier alpha value is -3.23. The van der Waals surface area contributed by atoms with Crippen LogP contribution in [0.1, 0.15) is 41.0 Å². The molecule has 0 aromatic heterocycles. The van der Waals surface area contributed by atoms with Gasteiger partial charge in [-0.05, 0) is 59.9 Å². The van der Waals surface area contributed by atoms with Gasteiger partial charge in [0.25, 0.3) is 9.84 Å². The van der Waals surface area contributed by atoms with Crippen molar-refractivity contribution in [2.75, 3.05) is 25.2 Å². The molecule has 202 valence electrons. The van der Waals surface area contributed by atoms with Gasteiger partial charge >= 0.3 is 5.97 Å². The fourth-order valence-corrected chi connectivity index (χ4v) is 5.55. The molecule has 4 rings (SSSR count). The number of hydrogen-bond acceptors (Lipinski definition) is 5. The van der Waals surface area contributed by atoms with Crippen LogP contribution in [0.5, 0.6) is 17.2 Å². The Morgan fingerprint density at radius 2 is 1.97 bits per heavy atom. The molecule has 3 aromatic rings. The first-order chi connectivity index (χ1) is 18.0. The van der Waals surface area contributed by atoms with E-state index in [4.69, 9.17) is 30.9 Å². The van der Waals surface area contributed by atoms with E-state index in [1.807, 2.05) is 56.3 Å². The van der Waals surface area contributed by atoms with E-state index in [2.05, 4.69) is 6.07 Å². The number of carbonyl (C=O) groups is 1. The first-order valence-corrected chi connectivity index (χ1v) is 14.8. The molecule has 2 N–H and O–H groups in total. The zero-order chi connectivity index (χ0) is 27.4. The summed E-state index contributed by atoms with van der Waals surface area (Å²) >= 11 is 6.65. The minimum Gasteiger partial charge on any atom is -0.492 e. The molecule has 1 aliphatic rings. The highest BCUT2D eigenvalue weighted by atomic mass is 35.5. The largest absolute Gasteiger partial charge is 0.492 e. The molecule has 0 radical (unpaired) electrons. The van der Waals surface area contributed by atoms with Gasteiger partial charge in [-0.2, -0.15) is 4.21 Å². The Kier molecular flexibility index (Phi) is 8.53. The van der Waals surface area contributed by atoms with Crippen molar-refractivity contribution in [2.45, 2.75) is 39.2 Å². The third kappa shape index (κ3) is 6.79. The summed E-state index contributed by atoms with van der Waals surface area (Å²) in [4.78, 5) is 11.1. The van der Waals surface area contributed by atoms with Crippen molar-refractivity contribution in [2.24, 2.45) is 0 Å². The van der Waals surface area contributed by atoms with Crippen molar-refractivity contribution in [3.8, 4) is 28.4 Å². The van der Waals surface area contributed by atoms with Gasteiger partial charge in [0.1, 0.15) is 23.9 Å². The molecule has 0 aliphatic carbocycles. The van der Waals surface area contributed by atoms with Gasteiger partial charge in [0.2, 0.25) is 0 Å². The summed E-state index contributed by atoms with van der Waals surface area (Å²) in [7, 11) is -2.78. The molecular formula is C29H32ClO7S+. The molecule has 1 heterocycles. The summed E-state index contributed by atoms with van der Waals surface area (Å²) in [5.41, 5.74) is 5.81. The summed E-state index contributed by atoms with van der Waals surface area (Å²) in [6, 6.07) is 15.5. The monoisotopic (exact) mass is 559 g/mol. The Bertz CT molecular complexity index is 1450. The quantitative estimate of drug-likeness (QED) is 0.224. The molecule has 1 aliphatic heterocycles. The van der Waals surface area contributed by atoms with Gasteiger partial charge in [-0.3, -0.25) is 4.79 Å². The maximum absolute atomic E-state index is 11.5. The summed E-state index contributed by atoms with van der Waals surface area (Å²) in [5, 5.41) is 9.61. The zero-order valence-corrected chi connectivity index (χ0v) is 23.2. The van der Waals surface area contributed by atoms with Crippen molar-refractivity contribution >= 4 is 27.4 Å². The highest BCUT2D eigenvalue weighted by Crippen LogP contribution is 2.40. The number of hydrogen-bond donors (Lipinski definition) is 1. The highest BCUT2D eigenvalue weighted by molar-refractivity contribution is 7.90. The normalized spacial score (nSPS) is 15.8. The maximum Gasteiger partial charge on any atom is 0.304 e. The second kappa shape index (κ2) is 11.7. The maximum atomic E-state index is 11.5. The van der Waals surface area contributed by atoms with Gasteiger partial charge in [0, 0.05) is 24.0 Å². The van der Waals surface area contributed by atoms with Crippen LogP contribution in [-0.2, 0) is 21.2 Å². The lowest BCUT2D eigenvalue weighted by atomic mass is 9.94. The van der Waals surface area contributed by atoms with Gasteiger partial charge in [0.05, 0.1) is 36.7 Å². The van der Waals surface area contributed by atoms with Crippen LogP contribution in [0.3, 0.4) is 0 Å². The summed E-state index contributed by atoms with van der Waals surface area (Å²) in [6.07, 6.45) is 1.83. The second-order valence-corrected chi connectivity index (χ2v) is 12.4.